The highest BCUT2D eigenvalue weighted by atomic mass is 31.2. The van der Waals surface area contributed by atoms with E-state index in [0.717, 1.165) is 10.5 Å². The van der Waals surface area contributed by atoms with Crippen LogP contribution in [0.2, 0.25) is 0 Å². The Balaban J connectivity index is 1.49. The maximum atomic E-state index is 14.0. The van der Waals surface area contributed by atoms with Crippen LogP contribution in [-0.2, 0) is 35.0 Å². The maximum Gasteiger partial charge on any atom is 0.476 e. The fraction of sp³-hybridized carbons (Fsp3) is 0.360. The normalized spacial score (nSPS) is 19.2. The second-order valence-corrected chi connectivity index (χ2v) is 10.5. The number of aromatic nitrogens is 1. The van der Waals surface area contributed by atoms with E-state index in [2.05, 4.69) is 10.3 Å². The van der Waals surface area contributed by atoms with Crippen LogP contribution < -0.4 is 10.1 Å². The average Bonchev–Trinajstić information content (AvgIpc) is 3.56. The minimum Gasteiger partial charge on any atom is -0.497 e. The van der Waals surface area contributed by atoms with E-state index in [0.29, 0.717) is 22.4 Å². The molecule has 206 valence electrons. The molecule has 0 unspecified atom stereocenters. The zero-order chi connectivity index (χ0) is 27.8. The van der Waals surface area contributed by atoms with Crippen LogP contribution in [0.3, 0.4) is 0 Å². The number of benzene rings is 1. The number of amides is 4. The van der Waals surface area contributed by atoms with E-state index in [1.165, 1.54) is 12.0 Å². The second-order valence-electron chi connectivity index (χ2n) is 8.79. The molecule has 0 aliphatic carbocycles. The standard InChI is InChI=1S/C25H27N4O9P/c1-4-35-39(33,36-5-2)37-15-29-23(31)25(27-24(29)32,21-12-19-20(38-21)7-6-10-26-19)14-28-13-16-8-9-17(34-3)11-18(16)22(28)30/h6-12H,4-5,13-15H2,1-3H3,(H,27,32)/t25-/m0/s1. The number of nitrogens with zero attached hydrogens (tertiary/aromatic N) is 3. The Morgan fingerprint density at radius 3 is 2.56 bits per heavy atom. The van der Waals surface area contributed by atoms with Gasteiger partial charge in [-0.05, 0) is 43.7 Å². The van der Waals surface area contributed by atoms with Gasteiger partial charge >= 0.3 is 13.9 Å². The van der Waals surface area contributed by atoms with Crippen LogP contribution in [0.15, 0.2) is 47.0 Å². The van der Waals surface area contributed by atoms with Crippen LogP contribution >= 0.6 is 7.82 Å². The molecule has 1 fully saturated rings. The molecule has 0 saturated carbocycles. The Morgan fingerprint density at radius 2 is 1.87 bits per heavy atom. The summed E-state index contributed by atoms with van der Waals surface area (Å²) in [5, 5.41) is 2.69. The van der Waals surface area contributed by atoms with Crippen molar-refractivity contribution in [2.75, 3.05) is 33.6 Å². The number of fused-ring (bicyclic) bond motifs is 2. The summed E-state index contributed by atoms with van der Waals surface area (Å²) in [7, 11) is -2.53. The quantitative estimate of drug-likeness (QED) is 0.274. The number of phosphoric acid groups is 1. The first-order valence-corrected chi connectivity index (χ1v) is 13.7. The number of hydrogen-bond acceptors (Lipinski definition) is 10. The molecule has 0 bridgehead atoms. The SMILES string of the molecule is CCOP(=O)(OCC)OCN1C(=O)N[C@@](CN2Cc3ccc(OC)cc3C2=O)(c2cc3ncccc3o2)C1=O. The van der Waals surface area contributed by atoms with Gasteiger partial charge in [0.1, 0.15) is 23.8 Å². The summed E-state index contributed by atoms with van der Waals surface area (Å²) >= 11 is 0. The third-order valence-corrected chi connectivity index (χ3v) is 8.01. The third-order valence-electron chi connectivity index (χ3n) is 6.43. The number of ether oxygens (including phenoxy) is 1. The summed E-state index contributed by atoms with van der Waals surface area (Å²) < 4.78 is 39.5. The van der Waals surface area contributed by atoms with Gasteiger partial charge in [-0.15, -0.1) is 0 Å². The highest BCUT2D eigenvalue weighted by Crippen LogP contribution is 2.49. The number of carbonyl (C=O) groups is 3. The minimum absolute atomic E-state index is 0.0236. The van der Waals surface area contributed by atoms with E-state index in [4.69, 9.17) is 22.7 Å². The van der Waals surface area contributed by atoms with Crippen molar-refractivity contribution in [1.82, 2.24) is 20.1 Å². The summed E-state index contributed by atoms with van der Waals surface area (Å²) in [5.74, 6) is -0.515. The molecule has 0 radical (unpaired) electrons. The van der Waals surface area contributed by atoms with Crippen molar-refractivity contribution in [2.45, 2.75) is 25.9 Å². The maximum absolute atomic E-state index is 14.0. The molecule has 39 heavy (non-hydrogen) atoms. The van der Waals surface area contributed by atoms with E-state index in [1.54, 1.807) is 56.4 Å². The first kappa shape index (κ1) is 26.8. The van der Waals surface area contributed by atoms with Crippen molar-refractivity contribution in [1.29, 1.82) is 0 Å². The van der Waals surface area contributed by atoms with Crippen molar-refractivity contribution in [2.24, 2.45) is 0 Å². The smallest absolute Gasteiger partial charge is 0.476 e. The molecular weight excluding hydrogens is 531 g/mol. The number of pyridine rings is 1. The van der Waals surface area contributed by atoms with Gasteiger partial charge in [-0.3, -0.25) is 28.1 Å². The van der Waals surface area contributed by atoms with Gasteiger partial charge in [0.25, 0.3) is 11.8 Å². The predicted octanol–water partition coefficient (Wildman–Crippen LogP) is 3.39. The molecule has 1 aromatic carbocycles. The van der Waals surface area contributed by atoms with Crippen molar-refractivity contribution >= 4 is 36.8 Å². The fourth-order valence-electron chi connectivity index (χ4n) is 4.61. The van der Waals surface area contributed by atoms with Gasteiger partial charge in [-0.25, -0.2) is 14.3 Å². The van der Waals surface area contributed by atoms with Crippen LogP contribution in [0.1, 0.15) is 35.5 Å². The summed E-state index contributed by atoms with van der Waals surface area (Å²) in [6.45, 7) is 2.48. The molecule has 13 nitrogen and oxygen atoms in total. The van der Waals surface area contributed by atoms with Gasteiger partial charge in [0, 0.05) is 24.4 Å². The van der Waals surface area contributed by atoms with Crippen molar-refractivity contribution in [3.8, 4) is 5.75 Å². The van der Waals surface area contributed by atoms with Crippen LogP contribution in [0.4, 0.5) is 4.79 Å². The summed E-state index contributed by atoms with van der Waals surface area (Å²) in [5.41, 5.74) is 0.211. The lowest BCUT2D eigenvalue weighted by Crippen LogP contribution is -2.52. The second kappa shape index (κ2) is 10.4. The van der Waals surface area contributed by atoms with E-state index in [9.17, 15) is 18.9 Å². The lowest BCUT2D eigenvalue weighted by Gasteiger charge is -2.29. The van der Waals surface area contributed by atoms with E-state index >= 15 is 0 Å². The number of nitrogens with one attached hydrogen (secondary N) is 1. The Labute approximate surface area is 223 Å². The molecule has 1 saturated heterocycles. The Kier molecular flexibility index (Phi) is 7.17. The van der Waals surface area contributed by atoms with Crippen molar-refractivity contribution in [3.05, 3.63) is 59.5 Å². The number of imide groups is 1. The number of methoxy groups -OCH3 is 1. The molecule has 1 N–H and O–H groups in total. The van der Waals surface area contributed by atoms with Crippen molar-refractivity contribution in [3.63, 3.8) is 0 Å². The molecule has 3 aromatic rings. The van der Waals surface area contributed by atoms with E-state index in [1.807, 2.05) is 0 Å². The number of hydrogen-bond donors (Lipinski definition) is 1. The number of phosphoric ester groups is 1. The number of carbonyl (C=O) groups excluding carboxylic acids is 3. The number of rotatable bonds is 11. The molecule has 2 aromatic heterocycles. The molecule has 5 rings (SSSR count). The van der Waals surface area contributed by atoms with E-state index < -0.39 is 32.0 Å². The van der Waals surface area contributed by atoms with Crippen LogP contribution in [0.25, 0.3) is 11.1 Å². The first-order valence-electron chi connectivity index (χ1n) is 12.2. The van der Waals surface area contributed by atoms with Gasteiger partial charge in [-0.1, -0.05) is 6.07 Å². The molecule has 4 heterocycles. The molecule has 2 aliphatic heterocycles. The largest absolute Gasteiger partial charge is 0.497 e. The summed E-state index contributed by atoms with van der Waals surface area (Å²) in [6, 6.07) is 9.20. The zero-order valence-electron chi connectivity index (χ0n) is 21.5. The fourth-order valence-corrected chi connectivity index (χ4v) is 5.73. The van der Waals surface area contributed by atoms with Crippen LogP contribution in [0.5, 0.6) is 5.75 Å². The Bertz CT molecular complexity index is 1450. The molecule has 2 aliphatic rings. The monoisotopic (exact) mass is 558 g/mol. The van der Waals surface area contributed by atoms with Crippen molar-refractivity contribution < 1.29 is 41.7 Å². The van der Waals surface area contributed by atoms with Crippen LogP contribution in [0, 0.1) is 0 Å². The van der Waals surface area contributed by atoms with Gasteiger partial charge in [0.15, 0.2) is 11.1 Å². The molecule has 0 spiro atoms. The molecule has 14 heteroatoms. The van der Waals surface area contributed by atoms with E-state index in [-0.39, 0.29) is 38.0 Å². The summed E-state index contributed by atoms with van der Waals surface area (Å²) in [4.78, 5) is 46.9. The molecule has 1 atom stereocenters. The highest BCUT2D eigenvalue weighted by Gasteiger charge is 2.57. The first-order chi connectivity index (χ1) is 18.7. The van der Waals surface area contributed by atoms with Crippen LogP contribution in [-0.4, -0.2) is 66.2 Å². The highest BCUT2D eigenvalue weighted by molar-refractivity contribution is 7.48. The number of furan rings is 1. The zero-order valence-corrected chi connectivity index (χ0v) is 22.4. The average molecular weight is 558 g/mol. The van der Waals surface area contributed by atoms with Gasteiger partial charge in [0.2, 0.25) is 0 Å². The third kappa shape index (κ3) is 4.78. The summed E-state index contributed by atoms with van der Waals surface area (Å²) in [6.07, 6.45) is 1.57. The predicted molar refractivity (Wildman–Crippen MR) is 136 cm³/mol. The molecular formula is C25H27N4O9P. The Morgan fingerprint density at radius 1 is 1.10 bits per heavy atom. The lowest BCUT2D eigenvalue weighted by molar-refractivity contribution is -0.135. The minimum atomic E-state index is -4.03. The molecule has 4 amide bonds. The number of urea groups is 1. The van der Waals surface area contributed by atoms with Gasteiger partial charge in [0.05, 0.1) is 26.9 Å². The topological polar surface area (TPSA) is 150 Å². The van der Waals surface area contributed by atoms with Gasteiger partial charge in [-0.2, -0.15) is 0 Å². The van der Waals surface area contributed by atoms with Gasteiger partial charge < -0.3 is 19.4 Å². The lowest BCUT2D eigenvalue weighted by atomic mass is 9.95. The Hall–Kier alpha value is -3.77.